The fourth-order valence-corrected chi connectivity index (χ4v) is 4.13. The Balaban J connectivity index is 1.39. The Morgan fingerprint density at radius 1 is 1.28 bits per heavy atom. The number of nitrogens with zero attached hydrogens (tertiary/aromatic N) is 2. The summed E-state index contributed by atoms with van der Waals surface area (Å²) >= 11 is 1.35. The summed E-state index contributed by atoms with van der Waals surface area (Å²) in [6.45, 7) is 10.1. The first-order chi connectivity index (χ1) is 13.9. The number of carbonyl (C=O) groups is 2. The zero-order valence-corrected chi connectivity index (χ0v) is 18.1. The summed E-state index contributed by atoms with van der Waals surface area (Å²) in [5.74, 6) is 1.27. The van der Waals surface area contributed by atoms with Gasteiger partial charge in [-0.15, -0.1) is 11.8 Å². The molecule has 7 nitrogen and oxygen atoms in total. The molecule has 1 saturated heterocycles. The van der Waals surface area contributed by atoms with E-state index in [1.165, 1.54) is 27.8 Å². The van der Waals surface area contributed by atoms with Crippen LogP contribution in [0, 0.1) is 13.8 Å². The Bertz CT molecular complexity index is 846. The maximum atomic E-state index is 12.5. The summed E-state index contributed by atoms with van der Waals surface area (Å²) in [7, 11) is 0. The van der Waals surface area contributed by atoms with Gasteiger partial charge < -0.3 is 19.6 Å². The third-order valence-corrected chi connectivity index (χ3v) is 6.36. The normalized spacial score (nSPS) is 15.9. The van der Waals surface area contributed by atoms with E-state index < -0.39 is 0 Å². The molecule has 3 rings (SSSR count). The smallest absolute Gasteiger partial charge is 0.238 e. The molecule has 0 bridgehead atoms. The average Bonchev–Trinajstić information content (AvgIpc) is 3.12. The van der Waals surface area contributed by atoms with Crippen molar-refractivity contribution in [3.8, 4) is 0 Å². The molecule has 1 aromatic heterocycles. The first-order valence-corrected chi connectivity index (χ1v) is 11.0. The van der Waals surface area contributed by atoms with Gasteiger partial charge in [0, 0.05) is 11.6 Å². The summed E-state index contributed by atoms with van der Waals surface area (Å²) in [6, 6.07) is 10.1. The third-order valence-electron chi connectivity index (χ3n) is 5.23. The van der Waals surface area contributed by atoms with Crippen LogP contribution < -0.4 is 10.2 Å². The summed E-state index contributed by atoms with van der Waals surface area (Å²) in [5.41, 5.74) is 2.70. The van der Waals surface area contributed by atoms with E-state index >= 15 is 0 Å². The highest BCUT2D eigenvalue weighted by molar-refractivity contribution is 8.01. The molecule has 156 valence electrons. The largest absolute Gasteiger partial charge is 0.360 e. The Hall–Kier alpha value is -2.32. The van der Waals surface area contributed by atoms with E-state index in [0.29, 0.717) is 17.3 Å². The van der Waals surface area contributed by atoms with E-state index in [0.717, 1.165) is 32.7 Å². The zero-order chi connectivity index (χ0) is 20.8. The number of quaternary nitrogens is 1. The Kier molecular flexibility index (Phi) is 7.33. The lowest BCUT2D eigenvalue weighted by Gasteiger charge is -2.32. The van der Waals surface area contributed by atoms with Crippen molar-refractivity contribution in [3.05, 3.63) is 47.2 Å². The molecule has 0 unspecified atom stereocenters. The van der Waals surface area contributed by atoms with Crippen molar-refractivity contribution in [1.82, 2.24) is 10.1 Å². The molecular formula is C21H29N4O3S+. The van der Waals surface area contributed by atoms with Gasteiger partial charge in [0.05, 0.1) is 37.2 Å². The molecule has 29 heavy (non-hydrogen) atoms. The van der Waals surface area contributed by atoms with Crippen LogP contribution in [0.2, 0.25) is 0 Å². The molecule has 0 saturated carbocycles. The van der Waals surface area contributed by atoms with E-state index in [-0.39, 0.29) is 17.1 Å². The Morgan fingerprint density at radius 3 is 2.66 bits per heavy atom. The number of amides is 2. The van der Waals surface area contributed by atoms with Gasteiger partial charge in [0.1, 0.15) is 12.3 Å². The molecule has 0 aliphatic carbocycles. The Morgan fingerprint density at radius 2 is 2.00 bits per heavy atom. The van der Waals surface area contributed by atoms with Gasteiger partial charge in [0.15, 0.2) is 5.82 Å². The first kappa shape index (κ1) is 21.4. The van der Waals surface area contributed by atoms with Crippen LogP contribution >= 0.6 is 11.8 Å². The second kappa shape index (κ2) is 9.93. The minimum atomic E-state index is -0.344. The Labute approximate surface area is 175 Å². The van der Waals surface area contributed by atoms with Crippen LogP contribution in [0.15, 0.2) is 34.9 Å². The van der Waals surface area contributed by atoms with E-state index in [2.05, 4.69) is 41.7 Å². The fraction of sp³-hybridized carbons (Fsp3) is 0.476. The lowest BCUT2D eigenvalue weighted by Crippen LogP contribution is -3.13. The fourth-order valence-electron chi connectivity index (χ4n) is 3.34. The predicted molar refractivity (Wildman–Crippen MR) is 114 cm³/mol. The van der Waals surface area contributed by atoms with Crippen molar-refractivity contribution < 1.29 is 19.0 Å². The SMILES string of the molecule is Cc1cc(NC(=O)[C@H](C)SCC(=O)N2CC[NH+](Cc3ccccc3C)CC2)no1. The van der Waals surface area contributed by atoms with Crippen LogP contribution in [0.5, 0.6) is 0 Å². The highest BCUT2D eigenvalue weighted by Gasteiger charge is 2.25. The van der Waals surface area contributed by atoms with E-state index in [1.807, 2.05) is 4.90 Å². The molecule has 1 atom stereocenters. The number of nitrogens with one attached hydrogen (secondary N) is 2. The number of aryl methyl sites for hydroxylation is 2. The number of carbonyl (C=O) groups excluding carboxylic acids is 2. The quantitative estimate of drug-likeness (QED) is 0.710. The summed E-state index contributed by atoms with van der Waals surface area (Å²) in [6.07, 6.45) is 0. The molecule has 2 amide bonds. The maximum absolute atomic E-state index is 12.5. The summed E-state index contributed by atoms with van der Waals surface area (Å²) in [4.78, 5) is 28.2. The number of hydrogen-bond donors (Lipinski definition) is 2. The monoisotopic (exact) mass is 417 g/mol. The van der Waals surface area contributed by atoms with Crippen LogP contribution in [0.1, 0.15) is 23.8 Å². The van der Waals surface area contributed by atoms with Crippen molar-refractivity contribution >= 4 is 29.4 Å². The number of aromatic nitrogens is 1. The topological polar surface area (TPSA) is 79.9 Å². The van der Waals surface area contributed by atoms with Gasteiger partial charge in [-0.2, -0.15) is 0 Å². The lowest BCUT2D eigenvalue weighted by molar-refractivity contribution is -0.917. The van der Waals surface area contributed by atoms with Crippen LogP contribution in [0.4, 0.5) is 5.82 Å². The van der Waals surface area contributed by atoms with Gasteiger partial charge >= 0.3 is 0 Å². The average molecular weight is 418 g/mol. The van der Waals surface area contributed by atoms with Gasteiger partial charge in [-0.1, -0.05) is 29.4 Å². The van der Waals surface area contributed by atoms with Gasteiger partial charge in [-0.05, 0) is 26.3 Å². The van der Waals surface area contributed by atoms with Crippen LogP contribution in [-0.4, -0.2) is 59.1 Å². The van der Waals surface area contributed by atoms with Crippen molar-refractivity contribution in [3.63, 3.8) is 0 Å². The highest BCUT2D eigenvalue weighted by Crippen LogP contribution is 2.15. The second-order valence-electron chi connectivity index (χ2n) is 7.50. The molecule has 2 aromatic rings. The van der Waals surface area contributed by atoms with E-state index in [1.54, 1.807) is 19.9 Å². The van der Waals surface area contributed by atoms with E-state index in [9.17, 15) is 9.59 Å². The lowest BCUT2D eigenvalue weighted by atomic mass is 10.1. The summed E-state index contributed by atoms with van der Waals surface area (Å²) in [5, 5.41) is 6.12. The predicted octanol–water partition coefficient (Wildman–Crippen LogP) is 1.28. The minimum Gasteiger partial charge on any atom is -0.360 e. The highest BCUT2D eigenvalue weighted by atomic mass is 32.2. The molecule has 1 aliphatic heterocycles. The number of thioether (sulfide) groups is 1. The molecule has 1 aromatic carbocycles. The third kappa shape index (κ3) is 6.08. The van der Waals surface area contributed by atoms with Crippen LogP contribution in [-0.2, 0) is 16.1 Å². The number of benzene rings is 1. The van der Waals surface area contributed by atoms with Gasteiger partial charge in [0.25, 0.3) is 0 Å². The van der Waals surface area contributed by atoms with E-state index in [4.69, 9.17) is 4.52 Å². The zero-order valence-electron chi connectivity index (χ0n) is 17.2. The molecule has 1 aliphatic rings. The molecule has 2 heterocycles. The standard InChI is InChI=1S/C21H28N4O3S/c1-15-6-4-5-7-18(15)13-24-8-10-25(11-9-24)20(26)14-29-17(3)21(27)22-19-12-16(2)28-23-19/h4-7,12,17H,8-11,13-14H2,1-3H3,(H,22,23,27)/p+1/t17-/m0/s1. The van der Waals surface area contributed by atoms with Crippen LogP contribution in [0.25, 0.3) is 0 Å². The number of piperazine rings is 1. The minimum absolute atomic E-state index is 0.0990. The van der Waals surface area contributed by atoms with Gasteiger partial charge in [-0.25, -0.2) is 0 Å². The first-order valence-electron chi connectivity index (χ1n) is 9.94. The van der Waals surface area contributed by atoms with Crippen molar-refractivity contribution in [2.75, 3.05) is 37.2 Å². The molecular weight excluding hydrogens is 388 g/mol. The van der Waals surface area contributed by atoms with Crippen molar-refractivity contribution in [2.45, 2.75) is 32.6 Å². The summed E-state index contributed by atoms with van der Waals surface area (Å²) < 4.78 is 4.94. The van der Waals surface area contributed by atoms with Crippen molar-refractivity contribution in [2.24, 2.45) is 0 Å². The van der Waals surface area contributed by atoms with Gasteiger partial charge in [0.2, 0.25) is 11.8 Å². The second-order valence-corrected chi connectivity index (χ2v) is 8.83. The maximum Gasteiger partial charge on any atom is 0.238 e. The molecule has 2 N–H and O–H groups in total. The molecule has 8 heteroatoms. The van der Waals surface area contributed by atoms with Crippen molar-refractivity contribution in [1.29, 1.82) is 0 Å². The number of hydrogen-bond acceptors (Lipinski definition) is 5. The molecule has 1 fully saturated rings. The van der Waals surface area contributed by atoms with Gasteiger partial charge in [-0.3, -0.25) is 9.59 Å². The number of rotatable bonds is 7. The molecule has 0 radical (unpaired) electrons. The van der Waals surface area contributed by atoms with Crippen LogP contribution in [0.3, 0.4) is 0 Å². The molecule has 0 spiro atoms. The number of anilines is 1.